The van der Waals surface area contributed by atoms with Crippen LogP contribution in [0.25, 0.3) is 0 Å². The molecular formula is C12H15NO3S. The minimum Gasteiger partial charge on any atom is -0.481 e. The molecule has 1 aromatic heterocycles. The Labute approximate surface area is 104 Å². The molecule has 1 aliphatic rings. The van der Waals surface area contributed by atoms with E-state index in [1.165, 1.54) is 11.3 Å². The van der Waals surface area contributed by atoms with Gasteiger partial charge in [-0.1, -0.05) is 6.42 Å². The molecule has 5 heteroatoms. The van der Waals surface area contributed by atoms with Crippen LogP contribution in [-0.2, 0) is 4.79 Å². The number of aliphatic carboxylic acids is 1. The number of aryl methyl sites for hydroxylation is 1. The van der Waals surface area contributed by atoms with E-state index in [0.29, 0.717) is 11.3 Å². The molecule has 1 fully saturated rings. The van der Waals surface area contributed by atoms with Crippen LogP contribution >= 0.6 is 11.3 Å². The van der Waals surface area contributed by atoms with Crippen LogP contribution in [0.15, 0.2) is 12.1 Å². The zero-order valence-corrected chi connectivity index (χ0v) is 10.4. The number of hydrogen-bond acceptors (Lipinski definition) is 3. The van der Waals surface area contributed by atoms with Crippen LogP contribution < -0.4 is 5.32 Å². The summed E-state index contributed by atoms with van der Waals surface area (Å²) in [5.74, 6) is -1.39. The SMILES string of the molecule is Cc1ccc(C(=O)N[C@@H]2CCC[C@@H]2C(=O)O)s1. The lowest BCUT2D eigenvalue weighted by Gasteiger charge is -2.16. The maximum absolute atomic E-state index is 11.9. The second-order valence-corrected chi connectivity index (χ2v) is 5.65. The van der Waals surface area contributed by atoms with Gasteiger partial charge < -0.3 is 10.4 Å². The standard InChI is InChI=1S/C12H15NO3S/c1-7-5-6-10(17-7)11(14)13-9-4-2-3-8(9)12(15)16/h5-6,8-9H,2-4H2,1H3,(H,13,14)(H,15,16)/t8-,9+/m0/s1. The number of amides is 1. The first-order valence-electron chi connectivity index (χ1n) is 5.68. The molecule has 0 radical (unpaired) electrons. The average molecular weight is 253 g/mol. The predicted molar refractivity (Wildman–Crippen MR) is 65.3 cm³/mol. The van der Waals surface area contributed by atoms with Gasteiger partial charge >= 0.3 is 5.97 Å². The van der Waals surface area contributed by atoms with Gasteiger partial charge in [0.1, 0.15) is 0 Å². The van der Waals surface area contributed by atoms with E-state index in [0.717, 1.165) is 17.7 Å². The maximum Gasteiger partial charge on any atom is 0.308 e. The summed E-state index contributed by atoms with van der Waals surface area (Å²) in [5.41, 5.74) is 0. The minimum atomic E-state index is -0.810. The number of nitrogens with one attached hydrogen (secondary N) is 1. The average Bonchev–Trinajstić information content (AvgIpc) is 2.86. The fourth-order valence-corrected chi connectivity index (χ4v) is 3.00. The Kier molecular flexibility index (Phi) is 3.47. The van der Waals surface area contributed by atoms with Crippen molar-refractivity contribution in [2.24, 2.45) is 5.92 Å². The first-order valence-corrected chi connectivity index (χ1v) is 6.49. The molecule has 92 valence electrons. The van der Waals surface area contributed by atoms with Crippen molar-refractivity contribution in [2.45, 2.75) is 32.2 Å². The molecule has 1 amide bonds. The molecule has 0 unspecified atom stereocenters. The highest BCUT2D eigenvalue weighted by Crippen LogP contribution is 2.26. The molecule has 17 heavy (non-hydrogen) atoms. The molecule has 2 N–H and O–H groups in total. The summed E-state index contributed by atoms with van der Waals surface area (Å²) in [5, 5.41) is 11.9. The Hall–Kier alpha value is -1.36. The molecule has 1 heterocycles. The fourth-order valence-electron chi connectivity index (χ4n) is 2.22. The number of hydrogen-bond donors (Lipinski definition) is 2. The molecule has 4 nitrogen and oxygen atoms in total. The number of carbonyl (C=O) groups excluding carboxylic acids is 1. The minimum absolute atomic E-state index is 0.152. The largest absolute Gasteiger partial charge is 0.481 e. The number of carboxylic acid groups (broad SMARTS) is 1. The Bertz CT molecular complexity index is 441. The third-order valence-corrected chi connectivity index (χ3v) is 4.11. The number of thiophene rings is 1. The molecule has 1 aliphatic carbocycles. The summed E-state index contributed by atoms with van der Waals surface area (Å²) < 4.78 is 0. The molecule has 0 spiro atoms. The van der Waals surface area contributed by atoms with Crippen LogP contribution in [-0.4, -0.2) is 23.0 Å². The molecule has 2 atom stereocenters. The van der Waals surface area contributed by atoms with E-state index in [9.17, 15) is 9.59 Å². The highest BCUT2D eigenvalue weighted by Gasteiger charge is 2.34. The highest BCUT2D eigenvalue weighted by molar-refractivity contribution is 7.13. The van der Waals surface area contributed by atoms with Gasteiger partial charge in [0, 0.05) is 10.9 Å². The molecule has 0 aromatic carbocycles. The highest BCUT2D eigenvalue weighted by atomic mass is 32.1. The van der Waals surface area contributed by atoms with Crippen molar-refractivity contribution in [3.8, 4) is 0 Å². The lowest BCUT2D eigenvalue weighted by molar-refractivity contribution is -0.142. The summed E-state index contributed by atoms with van der Waals surface area (Å²) in [6, 6.07) is 3.45. The third kappa shape index (κ3) is 2.66. The smallest absolute Gasteiger partial charge is 0.308 e. The number of rotatable bonds is 3. The summed E-state index contributed by atoms with van der Waals surface area (Å²) in [6.07, 6.45) is 2.28. The normalized spacial score (nSPS) is 23.6. The zero-order valence-electron chi connectivity index (χ0n) is 9.60. The second kappa shape index (κ2) is 4.87. The van der Waals surface area contributed by atoms with Gasteiger partial charge in [-0.15, -0.1) is 11.3 Å². The lowest BCUT2D eigenvalue weighted by atomic mass is 10.0. The van der Waals surface area contributed by atoms with Crippen molar-refractivity contribution in [3.63, 3.8) is 0 Å². The van der Waals surface area contributed by atoms with E-state index in [1.807, 2.05) is 13.0 Å². The van der Waals surface area contributed by atoms with Crippen LogP contribution in [0, 0.1) is 12.8 Å². The van der Waals surface area contributed by atoms with Crippen LogP contribution in [0.4, 0.5) is 0 Å². The van der Waals surface area contributed by atoms with Gasteiger partial charge in [-0.05, 0) is 31.9 Å². The first kappa shape index (κ1) is 12.1. The van der Waals surface area contributed by atoms with Gasteiger partial charge in [0.15, 0.2) is 0 Å². The van der Waals surface area contributed by atoms with Gasteiger partial charge in [-0.3, -0.25) is 9.59 Å². The van der Waals surface area contributed by atoms with Crippen LogP contribution in [0.3, 0.4) is 0 Å². The van der Waals surface area contributed by atoms with Crippen molar-refractivity contribution < 1.29 is 14.7 Å². The first-order chi connectivity index (χ1) is 8.08. The van der Waals surface area contributed by atoms with Gasteiger partial charge in [0.2, 0.25) is 0 Å². The fraction of sp³-hybridized carbons (Fsp3) is 0.500. The van der Waals surface area contributed by atoms with Gasteiger partial charge in [-0.2, -0.15) is 0 Å². The summed E-state index contributed by atoms with van der Waals surface area (Å²) in [4.78, 5) is 24.6. The molecule has 1 aromatic rings. The maximum atomic E-state index is 11.9. The molecular weight excluding hydrogens is 238 g/mol. The van der Waals surface area contributed by atoms with E-state index in [4.69, 9.17) is 5.11 Å². The molecule has 0 saturated heterocycles. The summed E-state index contributed by atoms with van der Waals surface area (Å²) in [6.45, 7) is 1.94. The van der Waals surface area contributed by atoms with Crippen molar-refractivity contribution >= 4 is 23.2 Å². The molecule has 0 aliphatic heterocycles. The zero-order chi connectivity index (χ0) is 12.4. The van der Waals surface area contributed by atoms with E-state index >= 15 is 0 Å². The van der Waals surface area contributed by atoms with Crippen LogP contribution in [0.2, 0.25) is 0 Å². The predicted octanol–water partition coefficient (Wildman–Crippen LogP) is 2.04. The van der Waals surface area contributed by atoms with Crippen molar-refractivity contribution in [2.75, 3.05) is 0 Å². The Morgan fingerprint density at radius 2 is 2.18 bits per heavy atom. The van der Waals surface area contributed by atoms with E-state index < -0.39 is 11.9 Å². The van der Waals surface area contributed by atoms with Crippen molar-refractivity contribution in [1.29, 1.82) is 0 Å². The van der Waals surface area contributed by atoms with Gasteiger partial charge in [0.25, 0.3) is 5.91 Å². The van der Waals surface area contributed by atoms with Crippen molar-refractivity contribution in [3.05, 3.63) is 21.9 Å². The van der Waals surface area contributed by atoms with Gasteiger partial charge in [0.05, 0.1) is 10.8 Å². The second-order valence-electron chi connectivity index (χ2n) is 4.37. The Balaban J connectivity index is 2.01. The summed E-state index contributed by atoms with van der Waals surface area (Å²) >= 11 is 1.43. The number of carboxylic acids is 1. The van der Waals surface area contributed by atoms with E-state index in [1.54, 1.807) is 6.07 Å². The number of carbonyl (C=O) groups is 2. The van der Waals surface area contributed by atoms with Crippen molar-refractivity contribution in [1.82, 2.24) is 5.32 Å². The molecule has 1 saturated carbocycles. The molecule has 2 rings (SSSR count). The summed E-state index contributed by atoms with van der Waals surface area (Å²) in [7, 11) is 0. The van der Waals surface area contributed by atoms with E-state index in [-0.39, 0.29) is 11.9 Å². The third-order valence-electron chi connectivity index (χ3n) is 3.11. The molecule has 0 bridgehead atoms. The topological polar surface area (TPSA) is 66.4 Å². The van der Waals surface area contributed by atoms with Gasteiger partial charge in [-0.25, -0.2) is 0 Å². The Morgan fingerprint density at radius 3 is 2.76 bits per heavy atom. The lowest BCUT2D eigenvalue weighted by Crippen LogP contribution is -2.39. The Morgan fingerprint density at radius 1 is 1.41 bits per heavy atom. The van der Waals surface area contributed by atoms with Crippen LogP contribution in [0.1, 0.15) is 33.8 Å². The van der Waals surface area contributed by atoms with Crippen LogP contribution in [0.5, 0.6) is 0 Å². The quantitative estimate of drug-likeness (QED) is 0.866. The monoisotopic (exact) mass is 253 g/mol. The van der Waals surface area contributed by atoms with E-state index in [2.05, 4.69) is 5.32 Å².